The van der Waals surface area contributed by atoms with Gasteiger partial charge in [-0.25, -0.2) is 13.8 Å². The fourth-order valence-electron chi connectivity index (χ4n) is 4.67. The summed E-state index contributed by atoms with van der Waals surface area (Å²) in [6, 6.07) is 32.5. The lowest BCUT2D eigenvalue weighted by Gasteiger charge is -2.12. The second kappa shape index (κ2) is 14.1. The number of pyridine rings is 1. The van der Waals surface area contributed by atoms with Gasteiger partial charge < -0.3 is 10.1 Å². The van der Waals surface area contributed by atoms with E-state index in [0.29, 0.717) is 6.07 Å². The number of halogens is 5. The quantitative estimate of drug-likeness (QED) is 0.146. The molecule has 0 atom stereocenters. The summed E-state index contributed by atoms with van der Waals surface area (Å²) >= 11 is 0. The molecule has 238 valence electrons. The summed E-state index contributed by atoms with van der Waals surface area (Å²) in [5, 5.41) is 2.23. The van der Waals surface area contributed by atoms with Gasteiger partial charge in [-0.2, -0.15) is 17.9 Å². The molecule has 6 nitrogen and oxygen atoms in total. The lowest BCUT2D eigenvalue weighted by Crippen LogP contribution is -2.39. The van der Waals surface area contributed by atoms with E-state index >= 15 is 0 Å². The molecule has 11 heteroatoms. The molecule has 2 aromatic heterocycles. The monoisotopic (exact) mass is 643 g/mol. The number of aromatic nitrogens is 3. The molecule has 0 spiro atoms. The Morgan fingerprint density at radius 2 is 1.49 bits per heavy atom. The maximum Gasteiger partial charge on any atom is 0.416 e. The molecule has 0 unspecified atom stereocenters. The van der Waals surface area contributed by atoms with Gasteiger partial charge >= 0.3 is 6.18 Å². The van der Waals surface area contributed by atoms with Crippen LogP contribution in [0.1, 0.15) is 15.9 Å². The van der Waals surface area contributed by atoms with E-state index in [0.717, 1.165) is 30.3 Å². The van der Waals surface area contributed by atoms with E-state index in [4.69, 9.17) is 4.74 Å². The van der Waals surface area contributed by atoms with Crippen LogP contribution in [0.5, 0.6) is 11.6 Å². The van der Waals surface area contributed by atoms with Gasteiger partial charge in [-0.1, -0.05) is 54.6 Å². The van der Waals surface area contributed by atoms with Crippen LogP contribution in [0.25, 0.3) is 22.5 Å². The fourth-order valence-corrected chi connectivity index (χ4v) is 4.67. The van der Waals surface area contributed by atoms with Crippen LogP contribution >= 0.6 is 0 Å². The average Bonchev–Trinajstić information content (AvgIpc) is 3.37. The first-order chi connectivity index (χ1) is 22.5. The second-order valence-electron chi connectivity index (χ2n) is 10.3. The molecule has 1 N–H and O–H groups in total. The molecular weight excluding hydrogens is 615 g/mol. The summed E-state index contributed by atoms with van der Waals surface area (Å²) in [7, 11) is 4.18. The minimum atomic E-state index is -4.57. The molecule has 0 aliphatic rings. The van der Waals surface area contributed by atoms with Gasteiger partial charge in [-0.3, -0.25) is 4.79 Å². The molecule has 47 heavy (non-hydrogen) atoms. The Kier molecular flexibility index (Phi) is 9.74. The number of carbonyl (C=O) groups excluding carboxylic acids is 1. The van der Waals surface area contributed by atoms with Crippen molar-refractivity contribution >= 4 is 11.6 Å². The van der Waals surface area contributed by atoms with E-state index in [1.807, 2.05) is 12.1 Å². The third-order valence-electron chi connectivity index (χ3n) is 7.13. The largest absolute Gasteiger partial charge is 0.438 e. The number of nitrogens with zero attached hydrogens (tertiary/aromatic N) is 3. The lowest BCUT2D eigenvalue weighted by molar-refractivity contribution is -0.740. The molecule has 6 aromatic rings. The van der Waals surface area contributed by atoms with Crippen molar-refractivity contribution in [3.05, 3.63) is 150 Å². The van der Waals surface area contributed by atoms with Crippen LogP contribution in [0.2, 0.25) is 0 Å². The van der Waals surface area contributed by atoms with Crippen LogP contribution in [0.15, 0.2) is 128 Å². The zero-order valence-electron chi connectivity index (χ0n) is 25.2. The minimum absolute atomic E-state index is 0.149. The van der Waals surface area contributed by atoms with E-state index in [1.165, 1.54) is 46.9 Å². The van der Waals surface area contributed by atoms with Crippen LogP contribution in [-0.2, 0) is 20.3 Å². The summed E-state index contributed by atoms with van der Waals surface area (Å²) in [6.45, 7) is 0. The van der Waals surface area contributed by atoms with Crippen molar-refractivity contribution in [3.8, 4) is 34.1 Å². The number of hydrogen-bond acceptors (Lipinski definition) is 3. The van der Waals surface area contributed by atoms with Gasteiger partial charge in [-0.05, 0) is 54.6 Å². The number of carbonyl (C=O) groups is 1. The maximum atomic E-state index is 13.7. The molecule has 0 aliphatic heterocycles. The highest BCUT2D eigenvalue weighted by molar-refractivity contribution is 6.05. The first-order valence-corrected chi connectivity index (χ1v) is 14.2. The lowest BCUT2D eigenvalue weighted by atomic mass is 10.1. The van der Waals surface area contributed by atoms with E-state index in [1.54, 1.807) is 0 Å². The summed E-state index contributed by atoms with van der Waals surface area (Å²) in [5.41, 5.74) is 3.57. The van der Waals surface area contributed by atoms with Crippen molar-refractivity contribution in [2.45, 2.75) is 6.18 Å². The van der Waals surface area contributed by atoms with Gasteiger partial charge in [0.15, 0.2) is 7.05 Å². The smallest absolute Gasteiger partial charge is 0.416 e. The van der Waals surface area contributed by atoms with Crippen LogP contribution in [0.4, 0.5) is 27.6 Å². The molecule has 4 aromatic carbocycles. The van der Waals surface area contributed by atoms with Crippen LogP contribution in [-0.4, -0.2) is 15.6 Å². The third-order valence-corrected chi connectivity index (χ3v) is 7.13. The molecule has 0 radical (unpaired) electrons. The highest BCUT2D eigenvalue weighted by atomic mass is 19.4. The summed E-state index contributed by atoms with van der Waals surface area (Å²) < 4.78 is 74.8. The molecule has 0 aliphatic carbocycles. The Morgan fingerprint density at radius 1 is 0.809 bits per heavy atom. The summed E-state index contributed by atoms with van der Waals surface area (Å²) in [4.78, 5) is 16.3. The van der Waals surface area contributed by atoms with Crippen LogP contribution in [0.3, 0.4) is 0 Å². The first kappa shape index (κ1) is 32.6. The van der Waals surface area contributed by atoms with E-state index < -0.39 is 29.3 Å². The number of hydrogen-bond donors (Lipinski definition) is 1. The zero-order valence-corrected chi connectivity index (χ0v) is 25.2. The number of ether oxygens (including phenoxy) is 1. The second-order valence-corrected chi connectivity index (χ2v) is 10.3. The van der Waals surface area contributed by atoms with Crippen molar-refractivity contribution < 1.29 is 36.2 Å². The van der Waals surface area contributed by atoms with Gasteiger partial charge in [-0.15, -0.1) is 4.68 Å². The van der Waals surface area contributed by atoms with Gasteiger partial charge in [0.25, 0.3) is 5.91 Å². The van der Waals surface area contributed by atoms with Crippen molar-refractivity contribution in [1.82, 2.24) is 9.67 Å². The minimum Gasteiger partial charge on any atom is -0.438 e. The number of amides is 1. The Balaban J connectivity index is 0.000000198. The van der Waals surface area contributed by atoms with Gasteiger partial charge in [0.05, 0.1) is 18.3 Å². The molecule has 6 rings (SSSR count). The maximum absolute atomic E-state index is 13.7. The van der Waals surface area contributed by atoms with Crippen LogP contribution in [0, 0.1) is 11.6 Å². The van der Waals surface area contributed by atoms with E-state index in [2.05, 4.69) is 88.4 Å². The standard InChI is InChI=1S/C19H11F5N2O2.C17H17N2/c20-12-6-7-16(15(21)10-12)26-17(27)14-5-2-8-25-18(14)28-13-4-1-3-11(9-13)19(22,23)24;1-18-16(14-9-5-3-6-10-14)13-17(19(18)2)15-11-7-4-8-12-15/h1-10H,(H,26,27);3-13H,1-2H3/q;+1. The predicted molar refractivity (Wildman–Crippen MR) is 168 cm³/mol. The average molecular weight is 644 g/mol. The molecule has 0 saturated heterocycles. The Hall–Kier alpha value is -5.84. The van der Waals surface area contributed by atoms with Crippen LogP contribution < -0.4 is 14.7 Å². The first-order valence-electron chi connectivity index (χ1n) is 14.2. The summed E-state index contributed by atoms with van der Waals surface area (Å²) in [5.74, 6) is -3.10. The highest BCUT2D eigenvalue weighted by Crippen LogP contribution is 2.33. The van der Waals surface area contributed by atoms with Gasteiger partial charge in [0.2, 0.25) is 11.6 Å². The van der Waals surface area contributed by atoms with Gasteiger partial charge in [0, 0.05) is 29.5 Å². The van der Waals surface area contributed by atoms with Crippen molar-refractivity contribution in [1.29, 1.82) is 0 Å². The molecule has 0 bridgehead atoms. The highest BCUT2D eigenvalue weighted by Gasteiger charge is 2.31. The van der Waals surface area contributed by atoms with Crippen molar-refractivity contribution in [3.63, 3.8) is 0 Å². The summed E-state index contributed by atoms with van der Waals surface area (Å²) in [6.07, 6.45) is -3.29. The topological polar surface area (TPSA) is 60.0 Å². The Bertz CT molecular complexity index is 1930. The molecular formula is C36H28F5N4O2+. The molecule has 1 amide bonds. The Morgan fingerprint density at radius 3 is 2.15 bits per heavy atom. The fraction of sp³-hybridized carbons (Fsp3) is 0.0833. The van der Waals surface area contributed by atoms with Gasteiger partial charge in [0.1, 0.15) is 28.6 Å². The molecule has 0 fully saturated rings. The molecule has 2 heterocycles. The van der Waals surface area contributed by atoms with E-state index in [-0.39, 0.29) is 22.9 Å². The normalized spacial score (nSPS) is 11.0. The number of anilines is 1. The third kappa shape index (κ3) is 7.88. The van der Waals surface area contributed by atoms with E-state index in [9.17, 15) is 26.7 Å². The zero-order chi connectivity index (χ0) is 33.6. The van der Waals surface area contributed by atoms with Crippen molar-refractivity contribution in [2.24, 2.45) is 14.1 Å². The number of alkyl halides is 3. The predicted octanol–water partition coefficient (Wildman–Crippen LogP) is 8.61. The number of nitrogens with one attached hydrogen (secondary N) is 1. The molecule has 0 saturated carbocycles. The number of benzene rings is 4. The SMILES string of the molecule is Cn1c(-c2ccccc2)cc(-c2ccccc2)[n+]1C.O=C(Nc1ccc(F)cc1F)c1cccnc1Oc1cccc(C(F)(F)F)c1. The number of rotatable bonds is 6. The van der Waals surface area contributed by atoms with Crippen molar-refractivity contribution in [2.75, 3.05) is 5.32 Å². The Labute approximate surface area is 267 Å².